The summed E-state index contributed by atoms with van der Waals surface area (Å²) in [5.41, 5.74) is -1.25. The van der Waals surface area contributed by atoms with Crippen LogP contribution in [0.25, 0.3) is 0 Å². The highest BCUT2D eigenvalue weighted by Crippen LogP contribution is 2.11. The van der Waals surface area contributed by atoms with Crippen LogP contribution in [0.3, 0.4) is 0 Å². The summed E-state index contributed by atoms with van der Waals surface area (Å²) in [4.78, 5) is 24.7. The number of rotatable bonds is 3. The van der Waals surface area contributed by atoms with Crippen LogP contribution >= 0.6 is 0 Å². The third-order valence-corrected chi connectivity index (χ3v) is 1.67. The Bertz CT molecular complexity index is 368. The Kier molecular flexibility index (Phi) is 5.88. The van der Waals surface area contributed by atoms with E-state index in [-0.39, 0.29) is 13.1 Å². The average molecular weight is 269 g/mol. The minimum atomic E-state index is -0.641. The molecule has 0 aromatic rings. The fourth-order valence-corrected chi connectivity index (χ4v) is 1.15. The lowest BCUT2D eigenvalue weighted by Crippen LogP contribution is -2.41. The van der Waals surface area contributed by atoms with Crippen LogP contribution < -0.4 is 0 Å². The van der Waals surface area contributed by atoms with Crippen molar-refractivity contribution in [3.63, 3.8) is 0 Å². The number of esters is 1. The van der Waals surface area contributed by atoms with E-state index in [0.29, 0.717) is 0 Å². The normalized spacial score (nSPS) is 11.4. The van der Waals surface area contributed by atoms with E-state index in [9.17, 15) is 9.59 Å². The molecule has 0 saturated heterocycles. The van der Waals surface area contributed by atoms with Crippen molar-refractivity contribution in [1.82, 2.24) is 4.90 Å². The zero-order valence-corrected chi connectivity index (χ0v) is 12.6. The van der Waals surface area contributed by atoms with Gasteiger partial charge in [0.1, 0.15) is 17.7 Å². The van der Waals surface area contributed by atoms with Crippen LogP contribution in [0.5, 0.6) is 0 Å². The van der Waals surface area contributed by atoms with Crippen LogP contribution in [0.2, 0.25) is 0 Å². The van der Waals surface area contributed by atoms with E-state index in [1.165, 1.54) is 0 Å². The van der Waals surface area contributed by atoms with E-state index in [0.717, 1.165) is 4.90 Å². The number of hydrogen-bond donors (Lipinski definition) is 0. The summed E-state index contributed by atoms with van der Waals surface area (Å²) < 4.78 is 10.3. The van der Waals surface area contributed by atoms with Crippen molar-refractivity contribution in [2.75, 3.05) is 13.1 Å². The molecule has 5 heteroatoms. The van der Waals surface area contributed by atoms with E-state index in [1.807, 2.05) is 0 Å². The molecule has 19 heavy (non-hydrogen) atoms. The molecule has 0 heterocycles. The highest BCUT2D eigenvalue weighted by Gasteiger charge is 2.25. The van der Waals surface area contributed by atoms with Crippen molar-refractivity contribution in [3.05, 3.63) is 0 Å². The molecule has 0 aliphatic heterocycles. The number of nitrogens with zero attached hydrogens (tertiary/aromatic N) is 1. The molecule has 0 spiro atoms. The quantitative estimate of drug-likeness (QED) is 0.582. The third kappa shape index (κ3) is 8.95. The molecule has 0 aliphatic carbocycles. The molecule has 0 aromatic carbocycles. The molecule has 0 bridgehead atoms. The van der Waals surface area contributed by atoms with Crippen molar-refractivity contribution in [2.24, 2.45) is 0 Å². The molecule has 5 nitrogen and oxygen atoms in total. The van der Waals surface area contributed by atoms with E-state index in [4.69, 9.17) is 15.9 Å². The highest BCUT2D eigenvalue weighted by atomic mass is 16.6. The van der Waals surface area contributed by atoms with Gasteiger partial charge >= 0.3 is 12.1 Å². The second kappa shape index (κ2) is 6.46. The monoisotopic (exact) mass is 269 g/mol. The van der Waals surface area contributed by atoms with Crippen LogP contribution in [0.4, 0.5) is 4.79 Å². The molecule has 0 atom stereocenters. The zero-order chi connectivity index (χ0) is 15.3. The van der Waals surface area contributed by atoms with Gasteiger partial charge in [0.2, 0.25) is 0 Å². The van der Waals surface area contributed by atoms with Gasteiger partial charge in [-0.25, -0.2) is 4.79 Å². The SMILES string of the molecule is C#CCN(CC(=O)OC(C)(C)C)C(=O)OC(C)(C)C. The molecule has 0 aliphatic rings. The van der Waals surface area contributed by atoms with Gasteiger partial charge in [0.15, 0.2) is 0 Å². The topological polar surface area (TPSA) is 55.8 Å². The smallest absolute Gasteiger partial charge is 0.411 e. The first-order chi connectivity index (χ1) is 8.44. The van der Waals surface area contributed by atoms with Gasteiger partial charge in [-0.05, 0) is 41.5 Å². The fraction of sp³-hybridized carbons (Fsp3) is 0.714. The first kappa shape index (κ1) is 17.3. The van der Waals surface area contributed by atoms with Crippen LogP contribution in [0.15, 0.2) is 0 Å². The molecule has 0 aromatic heterocycles. The van der Waals surface area contributed by atoms with Gasteiger partial charge in [0.25, 0.3) is 0 Å². The maximum absolute atomic E-state index is 11.9. The lowest BCUT2D eigenvalue weighted by atomic mass is 10.2. The molecule has 0 saturated carbocycles. The molecule has 0 fully saturated rings. The van der Waals surface area contributed by atoms with Crippen LogP contribution in [-0.2, 0) is 14.3 Å². The summed E-state index contributed by atoms with van der Waals surface area (Å²) in [7, 11) is 0. The predicted octanol–water partition coefficient (Wildman–Crippen LogP) is 2.20. The van der Waals surface area contributed by atoms with Gasteiger partial charge < -0.3 is 9.47 Å². The van der Waals surface area contributed by atoms with Crippen LogP contribution in [-0.4, -0.2) is 41.3 Å². The van der Waals surface area contributed by atoms with Gasteiger partial charge in [-0.3, -0.25) is 9.69 Å². The number of carbonyl (C=O) groups is 2. The molecule has 108 valence electrons. The van der Waals surface area contributed by atoms with Gasteiger partial charge in [0, 0.05) is 0 Å². The third-order valence-electron chi connectivity index (χ3n) is 1.67. The molecule has 1 amide bonds. The Morgan fingerprint density at radius 2 is 1.53 bits per heavy atom. The fourth-order valence-electron chi connectivity index (χ4n) is 1.15. The Labute approximate surface area is 115 Å². The lowest BCUT2D eigenvalue weighted by molar-refractivity contribution is -0.155. The summed E-state index contributed by atoms with van der Waals surface area (Å²) in [6.07, 6.45) is 4.55. The van der Waals surface area contributed by atoms with Gasteiger partial charge in [-0.15, -0.1) is 6.42 Å². The van der Waals surface area contributed by atoms with Crippen molar-refractivity contribution in [2.45, 2.75) is 52.7 Å². The highest BCUT2D eigenvalue weighted by molar-refractivity contribution is 5.78. The maximum atomic E-state index is 11.9. The predicted molar refractivity (Wildman–Crippen MR) is 72.5 cm³/mol. The van der Waals surface area contributed by atoms with Crippen molar-refractivity contribution >= 4 is 12.1 Å². The number of carbonyl (C=O) groups excluding carboxylic acids is 2. The van der Waals surface area contributed by atoms with E-state index < -0.39 is 23.3 Å². The molecular weight excluding hydrogens is 246 g/mol. The van der Waals surface area contributed by atoms with Gasteiger partial charge in [-0.1, -0.05) is 5.92 Å². The van der Waals surface area contributed by atoms with Crippen molar-refractivity contribution in [1.29, 1.82) is 0 Å². The van der Waals surface area contributed by atoms with Crippen LogP contribution in [0, 0.1) is 12.3 Å². The minimum Gasteiger partial charge on any atom is -0.459 e. The van der Waals surface area contributed by atoms with Gasteiger partial charge in [-0.2, -0.15) is 0 Å². The van der Waals surface area contributed by atoms with E-state index >= 15 is 0 Å². The maximum Gasteiger partial charge on any atom is 0.411 e. The molecular formula is C14H23NO4. The van der Waals surface area contributed by atoms with E-state index in [2.05, 4.69) is 5.92 Å². The largest absolute Gasteiger partial charge is 0.459 e. The number of amides is 1. The van der Waals surface area contributed by atoms with Gasteiger partial charge in [0.05, 0.1) is 6.54 Å². The summed E-state index contributed by atoms with van der Waals surface area (Å²) in [5.74, 6) is 1.80. The van der Waals surface area contributed by atoms with E-state index in [1.54, 1.807) is 41.5 Å². The summed E-state index contributed by atoms with van der Waals surface area (Å²) in [6.45, 7) is 10.3. The van der Waals surface area contributed by atoms with Crippen LogP contribution in [0.1, 0.15) is 41.5 Å². The Morgan fingerprint density at radius 1 is 1.05 bits per heavy atom. The summed E-state index contributed by atoms with van der Waals surface area (Å²) in [6, 6.07) is 0. The number of ether oxygens (including phenoxy) is 2. The minimum absolute atomic E-state index is 0.00580. The first-order valence-corrected chi connectivity index (χ1v) is 6.08. The standard InChI is InChI=1S/C14H23NO4/c1-8-9-15(12(17)19-14(5,6)7)10-11(16)18-13(2,3)4/h1H,9-10H2,2-7H3. The summed E-state index contributed by atoms with van der Waals surface area (Å²) in [5, 5.41) is 0. The van der Waals surface area contributed by atoms with Crippen molar-refractivity contribution in [3.8, 4) is 12.3 Å². The molecule has 0 radical (unpaired) electrons. The molecule has 0 unspecified atom stereocenters. The molecule has 0 rings (SSSR count). The Balaban J connectivity index is 4.63. The number of terminal acetylenes is 1. The lowest BCUT2D eigenvalue weighted by Gasteiger charge is -2.27. The zero-order valence-electron chi connectivity index (χ0n) is 12.6. The second-order valence-electron chi connectivity index (χ2n) is 6.13. The Morgan fingerprint density at radius 3 is 1.89 bits per heavy atom. The first-order valence-electron chi connectivity index (χ1n) is 6.08. The number of hydrogen-bond acceptors (Lipinski definition) is 4. The average Bonchev–Trinajstić information content (AvgIpc) is 2.10. The van der Waals surface area contributed by atoms with Crippen molar-refractivity contribution < 1.29 is 19.1 Å². The summed E-state index contributed by atoms with van der Waals surface area (Å²) >= 11 is 0. The molecule has 0 N–H and O–H groups in total. The Hall–Kier alpha value is -1.70. The second-order valence-corrected chi connectivity index (χ2v) is 6.13.